The van der Waals surface area contributed by atoms with Crippen molar-refractivity contribution >= 4 is 50.7 Å². The summed E-state index contributed by atoms with van der Waals surface area (Å²) in [5.74, 6) is -0.752. The van der Waals surface area contributed by atoms with E-state index in [4.69, 9.17) is 11.6 Å². The van der Waals surface area contributed by atoms with Crippen molar-refractivity contribution in [2.24, 2.45) is 0 Å². The zero-order chi connectivity index (χ0) is 17.3. The highest BCUT2D eigenvalue weighted by atomic mass is 79.9. The lowest BCUT2D eigenvalue weighted by Crippen LogP contribution is -2.50. The monoisotopic (exact) mass is 430 g/mol. The van der Waals surface area contributed by atoms with E-state index in [0.717, 1.165) is 9.85 Å². The van der Waals surface area contributed by atoms with E-state index in [9.17, 15) is 14.0 Å². The normalized spacial score (nSPS) is 14.8. The maximum absolute atomic E-state index is 13.1. The van der Waals surface area contributed by atoms with Gasteiger partial charge in [0.15, 0.2) is 0 Å². The molecule has 0 atom stereocenters. The minimum absolute atomic E-state index is 0.0300. The lowest BCUT2D eigenvalue weighted by atomic mass is 10.1. The molecule has 8 heteroatoms. The van der Waals surface area contributed by atoms with Gasteiger partial charge in [0.05, 0.1) is 19.2 Å². The Morgan fingerprint density at radius 2 is 1.67 bits per heavy atom. The molecule has 2 aromatic rings. The van der Waals surface area contributed by atoms with Crippen LogP contribution in [0.25, 0.3) is 0 Å². The van der Waals surface area contributed by atoms with Crippen LogP contribution < -0.4 is 0 Å². The Kier molecular flexibility index (Phi) is 5.22. The van der Waals surface area contributed by atoms with Gasteiger partial charge in [0.1, 0.15) is 5.82 Å². The van der Waals surface area contributed by atoms with Crippen LogP contribution in [0.5, 0.6) is 0 Å². The molecular formula is C16H13BrClFN2O2S. The summed E-state index contributed by atoms with van der Waals surface area (Å²) in [4.78, 5) is 28.9. The molecule has 0 bridgehead atoms. The zero-order valence-corrected chi connectivity index (χ0v) is 15.6. The fourth-order valence-electron chi connectivity index (χ4n) is 2.53. The molecule has 0 spiro atoms. The largest absolute Gasteiger partial charge is 0.335 e. The van der Waals surface area contributed by atoms with Crippen molar-refractivity contribution in [3.63, 3.8) is 0 Å². The maximum Gasteiger partial charge on any atom is 0.264 e. The first-order valence-corrected chi connectivity index (χ1v) is 9.23. The van der Waals surface area contributed by atoms with Crippen LogP contribution in [0.1, 0.15) is 20.0 Å². The Balaban J connectivity index is 1.64. The third-order valence-corrected chi connectivity index (χ3v) is 5.72. The zero-order valence-electron chi connectivity index (χ0n) is 12.5. The fraction of sp³-hybridized carbons (Fsp3) is 0.250. The van der Waals surface area contributed by atoms with E-state index in [0.29, 0.717) is 31.1 Å². The van der Waals surface area contributed by atoms with Gasteiger partial charge in [0.2, 0.25) is 0 Å². The van der Waals surface area contributed by atoms with Crippen LogP contribution >= 0.6 is 38.9 Å². The predicted molar refractivity (Wildman–Crippen MR) is 95.2 cm³/mol. The topological polar surface area (TPSA) is 40.6 Å². The predicted octanol–water partition coefficient (Wildman–Crippen LogP) is 3.90. The average molecular weight is 432 g/mol. The summed E-state index contributed by atoms with van der Waals surface area (Å²) in [6, 6.07) is 7.36. The molecule has 1 aromatic carbocycles. The number of amides is 2. The Morgan fingerprint density at radius 3 is 2.21 bits per heavy atom. The Morgan fingerprint density at radius 1 is 1.04 bits per heavy atom. The van der Waals surface area contributed by atoms with E-state index in [1.165, 1.54) is 23.5 Å². The highest BCUT2D eigenvalue weighted by Crippen LogP contribution is 2.24. The van der Waals surface area contributed by atoms with E-state index in [-0.39, 0.29) is 22.4 Å². The van der Waals surface area contributed by atoms with E-state index in [1.807, 2.05) is 6.07 Å². The Hall–Kier alpha value is -1.44. The first-order chi connectivity index (χ1) is 11.5. The second-order valence-electron chi connectivity index (χ2n) is 5.31. The molecule has 0 aliphatic carbocycles. The molecule has 2 amide bonds. The van der Waals surface area contributed by atoms with Crippen LogP contribution in [0.3, 0.4) is 0 Å². The quantitative estimate of drug-likeness (QED) is 0.723. The number of rotatable bonds is 2. The summed E-state index contributed by atoms with van der Waals surface area (Å²) in [6.45, 7) is 1.76. The molecule has 1 aromatic heterocycles. The van der Waals surface area contributed by atoms with Gasteiger partial charge in [-0.15, -0.1) is 11.3 Å². The van der Waals surface area contributed by atoms with Gasteiger partial charge in [-0.05, 0) is 46.3 Å². The number of benzene rings is 1. The lowest BCUT2D eigenvalue weighted by Gasteiger charge is -2.34. The highest BCUT2D eigenvalue weighted by Gasteiger charge is 2.27. The lowest BCUT2D eigenvalue weighted by molar-refractivity contribution is 0.0538. The van der Waals surface area contributed by atoms with Gasteiger partial charge in [0, 0.05) is 26.2 Å². The summed E-state index contributed by atoms with van der Waals surface area (Å²) in [5.41, 5.74) is 0.278. The first-order valence-electron chi connectivity index (χ1n) is 7.24. The molecule has 4 nitrogen and oxygen atoms in total. The van der Waals surface area contributed by atoms with Crippen LogP contribution in [0.2, 0.25) is 5.02 Å². The van der Waals surface area contributed by atoms with Gasteiger partial charge in [-0.3, -0.25) is 9.59 Å². The molecule has 2 heterocycles. The number of hydrogen-bond acceptors (Lipinski definition) is 3. The van der Waals surface area contributed by atoms with Gasteiger partial charge in [0.25, 0.3) is 11.8 Å². The van der Waals surface area contributed by atoms with Crippen LogP contribution in [-0.4, -0.2) is 47.8 Å². The van der Waals surface area contributed by atoms with Crippen molar-refractivity contribution in [1.29, 1.82) is 0 Å². The van der Waals surface area contributed by atoms with Crippen molar-refractivity contribution in [1.82, 2.24) is 9.80 Å². The first kappa shape index (κ1) is 17.4. The van der Waals surface area contributed by atoms with Gasteiger partial charge < -0.3 is 9.80 Å². The molecule has 24 heavy (non-hydrogen) atoms. The molecular weight excluding hydrogens is 419 g/mol. The van der Waals surface area contributed by atoms with Gasteiger partial charge >= 0.3 is 0 Å². The number of carbonyl (C=O) groups excluding carboxylic acids is 2. The molecule has 1 aliphatic heterocycles. The van der Waals surface area contributed by atoms with E-state index >= 15 is 0 Å². The van der Waals surface area contributed by atoms with Gasteiger partial charge in [-0.1, -0.05) is 11.6 Å². The van der Waals surface area contributed by atoms with Gasteiger partial charge in [-0.25, -0.2) is 4.39 Å². The van der Waals surface area contributed by atoms with Crippen LogP contribution in [0, 0.1) is 5.82 Å². The number of halogens is 3. The van der Waals surface area contributed by atoms with E-state index < -0.39 is 5.82 Å². The van der Waals surface area contributed by atoms with Crippen molar-refractivity contribution in [3.8, 4) is 0 Å². The average Bonchev–Trinajstić information content (AvgIpc) is 3.00. The van der Waals surface area contributed by atoms with Crippen LogP contribution in [0.15, 0.2) is 34.1 Å². The molecule has 1 saturated heterocycles. The highest BCUT2D eigenvalue weighted by molar-refractivity contribution is 9.11. The SMILES string of the molecule is O=C(c1ccc(Br)s1)N1CCN(C(=O)c2ccc(F)cc2Cl)CC1. The van der Waals surface area contributed by atoms with E-state index in [1.54, 1.807) is 15.9 Å². The number of piperazine rings is 1. The van der Waals surface area contributed by atoms with Crippen molar-refractivity contribution < 1.29 is 14.0 Å². The third kappa shape index (κ3) is 3.63. The molecule has 126 valence electrons. The molecule has 0 unspecified atom stereocenters. The van der Waals surface area contributed by atoms with Crippen LogP contribution in [0.4, 0.5) is 4.39 Å². The molecule has 1 aliphatic rings. The van der Waals surface area contributed by atoms with Crippen molar-refractivity contribution in [3.05, 3.63) is 55.4 Å². The smallest absolute Gasteiger partial charge is 0.264 e. The second kappa shape index (κ2) is 7.21. The second-order valence-corrected chi connectivity index (χ2v) is 8.18. The summed E-state index contributed by atoms with van der Waals surface area (Å²) in [5, 5.41) is 0.0990. The summed E-state index contributed by atoms with van der Waals surface area (Å²) in [7, 11) is 0. The fourth-order valence-corrected chi connectivity index (χ4v) is 4.13. The third-order valence-electron chi connectivity index (χ3n) is 3.80. The summed E-state index contributed by atoms with van der Waals surface area (Å²) in [6.07, 6.45) is 0. The van der Waals surface area contributed by atoms with Crippen LogP contribution in [-0.2, 0) is 0 Å². The van der Waals surface area contributed by atoms with Crippen molar-refractivity contribution in [2.45, 2.75) is 0 Å². The number of hydrogen-bond donors (Lipinski definition) is 0. The number of carbonyl (C=O) groups is 2. The Bertz CT molecular complexity index is 790. The number of thiophene rings is 1. The molecule has 3 rings (SSSR count). The Labute approximate surface area is 155 Å². The maximum atomic E-state index is 13.1. The minimum atomic E-state index is -0.478. The molecule has 1 fully saturated rings. The standard InChI is InChI=1S/C16H13BrClFN2O2S/c17-14-4-3-13(24-14)16(23)21-7-5-20(6-8-21)15(22)11-2-1-10(19)9-12(11)18/h1-4,9H,5-8H2. The molecule has 0 N–H and O–H groups in total. The van der Waals surface area contributed by atoms with E-state index in [2.05, 4.69) is 15.9 Å². The molecule has 0 radical (unpaired) electrons. The van der Waals surface area contributed by atoms with Crippen molar-refractivity contribution in [2.75, 3.05) is 26.2 Å². The summed E-state index contributed by atoms with van der Waals surface area (Å²) >= 11 is 10.7. The number of nitrogens with zero attached hydrogens (tertiary/aromatic N) is 2. The summed E-state index contributed by atoms with van der Waals surface area (Å²) < 4.78 is 14.0. The minimum Gasteiger partial charge on any atom is -0.335 e. The van der Waals surface area contributed by atoms with Gasteiger partial charge in [-0.2, -0.15) is 0 Å². The molecule has 0 saturated carbocycles.